The number of aryl methyl sites for hydroxylation is 1. The maximum atomic E-state index is 11.2. The van der Waals surface area contributed by atoms with Gasteiger partial charge < -0.3 is 14.8 Å². The van der Waals surface area contributed by atoms with Gasteiger partial charge in [0.15, 0.2) is 0 Å². The van der Waals surface area contributed by atoms with Crippen LogP contribution < -0.4 is 5.32 Å². The molecule has 2 aliphatic rings. The van der Waals surface area contributed by atoms with Crippen molar-refractivity contribution in [1.82, 2.24) is 5.32 Å². The van der Waals surface area contributed by atoms with Crippen molar-refractivity contribution in [1.29, 1.82) is 0 Å². The largest absolute Gasteiger partial charge is 0.480 e. The summed E-state index contributed by atoms with van der Waals surface area (Å²) >= 11 is 0. The summed E-state index contributed by atoms with van der Waals surface area (Å²) in [6.45, 7) is 0.691. The number of rotatable bonds is 1. The summed E-state index contributed by atoms with van der Waals surface area (Å²) < 4.78 is 5.81. The van der Waals surface area contributed by atoms with Crippen LogP contribution in [-0.4, -0.2) is 17.6 Å². The van der Waals surface area contributed by atoms with Crippen molar-refractivity contribution >= 4 is 5.97 Å². The van der Waals surface area contributed by atoms with Crippen LogP contribution in [0.2, 0.25) is 0 Å². The smallest absolute Gasteiger partial charge is 0.325 e. The summed E-state index contributed by atoms with van der Waals surface area (Å²) in [5.74, 6) is 1.14. The van der Waals surface area contributed by atoms with E-state index in [2.05, 4.69) is 5.32 Å². The first-order valence-corrected chi connectivity index (χ1v) is 5.87. The molecular formula is C12H15NO3. The van der Waals surface area contributed by atoms with Gasteiger partial charge in [-0.05, 0) is 24.8 Å². The van der Waals surface area contributed by atoms with Crippen LogP contribution in [0.25, 0.3) is 0 Å². The molecule has 3 rings (SSSR count). The summed E-state index contributed by atoms with van der Waals surface area (Å²) in [4.78, 5) is 11.2. The number of aliphatic carboxylic acids is 1. The molecule has 1 aliphatic carbocycles. The van der Waals surface area contributed by atoms with Crippen LogP contribution in [-0.2, 0) is 24.1 Å². The van der Waals surface area contributed by atoms with Gasteiger partial charge in [0.05, 0.1) is 0 Å². The van der Waals surface area contributed by atoms with Crippen molar-refractivity contribution in [3.05, 3.63) is 22.6 Å². The number of hydrogen-bond donors (Lipinski definition) is 2. The monoisotopic (exact) mass is 221 g/mol. The first-order valence-electron chi connectivity index (χ1n) is 5.87. The van der Waals surface area contributed by atoms with Gasteiger partial charge in [-0.1, -0.05) is 0 Å². The molecule has 0 saturated heterocycles. The van der Waals surface area contributed by atoms with Crippen LogP contribution in [0, 0.1) is 0 Å². The van der Waals surface area contributed by atoms with E-state index >= 15 is 0 Å². The van der Waals surface area contributed by atoms with E-state index < -0.39 is 12.0 Å². The maximum Gasteiger partial charge on any atom is 0.325 e. The van der Waals surface area contributed by atoms with Crippen molar-refractivity contribution in [2.45, 2.75) is 38.1 Å². The van der Waals surface area contributed by atoms with E-state index in [1.54, 1.807) is 0 Å². The second kappa shape index (κ2) is 3.63. The zero-order chi connectivity index (χ0) is 11.1. The lowest BCUT2D eigenvalue weighted by atomic mass is 9.89. The van der Waals surface area contributed by atoms with Crippen LogP contribution >= 0.6 is 0 Å². The first-order chi connectivity index (χ1) is 7.77. The van der Waals surface area contributed by atoms with E-state index in [1.165, 1.54) is 5.56 Å². The van der Waals surface area contributed by atoms with Crippen molar-refractivity contribution in [3.8, 4) is 0 Å². The highest BCUT2D eigenvalue weighted by molar-refractivity contribution is 5.77. The number of fused-ring (bicyclic) bond motifs is 3. The molecule has 0 radical (unpaired) electrons. The number of hydrogen-bond acceptors (Lipinski definition) is 3. The molecule has 1 aromatic heterocycles. The van der Waals surface area contributed by atoms with Gasteiger partial charge in [-0.2, -0.15) is 0 Å². The quantitative estimate of drug-likeness (QED) is 0.753. The molecule has 2 N–H and O–H groups in total. The van der Waals surface area contributed by atoms with E-state index in [4.69, 9.17) is 4.42 Å². The molecule has 1 atom stereocenters. The molecule has 2 heterocycles. The number of carbonyl (C=O) groups is 1. The van der Waals surface area contributed by atoms with Crippen LogP contribution in [0.4, 0.5) is 0 Å². The Morgan fingerprint density at radius 2 is 2.06 bits per heavy atom. The molecule has 0 bridgehead atoms. The Labute approximate surface area is 93.6 Å². The summed E-state index contributed by atoms with van der Waals surface area (Å²) in [7, 11) is 0. The Hall–Kier alpha value is -1.29. The normalized spacial score (nSPS) is 23.6. The molecule has 0 saturated carbocycles. The molecule has 0 spiro atoms. The van der Waals surface area contributed by atoms with Crippen molar-refractivity contribution in [2.24, 2.45) is 0 Å². The Morgan fingerprint density at radius 3 is 2.88 bits per heavy atom. The predicted molar refractivity (Wildman–Crippen MR) is 57.4 cm³/mol. The third-order valence-electron chi connectivity index (χ3n) is 3.53. The molecular weight excluding hydrogens is 206 g/mol. The van der Waals surface area contributed by atoms with Gasteiger partial charge in [0.1, 0.15) is 17.6 Å². The summed E-state index contributed by atoms with van der Waals surface area (Å²) in [6.07, 6.45) is 5.05. The molecule has 0 fully saturated rings. The summed E-state index contributed by atoms with van der Waals surface area (Å²) in [5, 5.41) is 12.3. The van der Waals surface area contributed by atoms with Crippen LogP contribution in [0.3, 0.4) is 0 Å². The fourth-order valence-corrected chi connectivity index (χ4v) is 2.81. The molecule has 1 aliphatic heterocycles. The van der Waals surface area contributed by atoms with Gasteiger partial charge in [-0.15, -0.1) is 0 Å². The second-order valence-corrected chi connectivity index (χ2v) is 4.52. The molecule has 0 aromatic carbocycles. The number of nitrogens with one attached hydrogen (secondary N) is 1. The average Bonchev–Trinajstić information content (AvgIpc) is 2.66. The van der Waals surface area contributed by atoms with Crippen LogP contribution in [0.5, 0.6) is 0 Å². The van der Waals surface area contributed by atoms with Gasteiger partial charge >= 0.3 is 5.97 Å². The minimum Gasteiger partial charge on any atom is -0.480 e. The lowest BCUT2D eigenvalue weighted by Crippen LogP contribution is -2.35. The molecule has 0 amide bonds. The standard InChI is InChI=1S/C12H15NO3/c14-12(15)11-10-7-3-1-2-4-8(7)16-9(10)5-6-13-11/h11,13H,1-6H2,(H,14,15). The van der Waals surface area contributed by atoms with Gasteiger partial charge in [0, 0.05) is 24.9 Å². The number of carboxylic acids is 1. The maximum absolute atomic E-state index is 11.2. The molecule has 4 nitrogen and oxygen atoms in total. The highest BCUT2D eigenvalue weighted by atomic mass is 16.4. The summed E-state index contributed by atoms with van der Waals surface area (Å²) in [5.41, 5.74) is 2.09. The third-order valence-corrected chi connectivity index (χ3v) is 3.53. The lowest BCUT2D eigenvalue weighted by Gasteiger charge is -2.21. The van der Waals surface area contributed by atoms with Crippen LogP contribution in [0.15, 0.2) is 4.42 Å². The van der Waals surface area contributed by atoms with Gasteiger partial charge in [-0.25, -0.2) is 0 Å². The highest BCUT2D eigenvalue weighted by Gasteiger charge is 2.33. The Bertz CT molecular complexity index is 436. The number of carboxylic acid groups (broad SMARTS) is 1. The van der Waals surface area contributed by atoms with Crippen LogP contribution in [0.1, 0.15) is 41.5 Å². The Kier molecular flexibility index (Phi) is 2.24. The van der Waals surface area contributed by atoms with Gasteiger partial charge in [0.2, 0.25) is 0 Å². The van der Waals surface area contributed by atoms with E-state index in [0.29, 0.717) is 6.54 Å². The van der Waals surface area contributed by atoms with Crippen molar-refractivity contribution in [3.63, 3.8) is 0 Å². The molecule has 1 unspecified atom stereocenters. The van der Waals surface area contributed by atoms with E-state index in [9.17, 15) is 9.90 Å². The lowest BCUT2D eigenvalue weighted by molar-refractivity contribution is -0.139. The predicted octanol–water partition coefficient (Wildman–Crippen LogP) is 1.43. The molecule has 16 heavy (non-hydrogen) atoms. The average molecular weight is 221 g/mol. The topological polar surface area (TPSA) is 62.5 Å². The minimum atomic E-state index is -0.796. The van der Waals surface area contributed by atoms with E-state index in [0.717, 1.165) is 49.2 Å². The zero-order valence-corrected chi connectivity index (χ0v) is 9.08. The Morgan fingerprint density at radius 1 is 1.25 bits per heavy atom. The van der Waals surface area contributed by atoms with Gasteiger partial charge in [0.25, 0.3) is 0 Å². The van der Waals surface area contributed by atoms with Gasteiger partial charge in [-0.3, -0.25) is 4.79 Å². The van der Waals surface area contributed by atoms with E-state index in [-0.39, 0.29) is 0 Å². The Balaban J connectivity index is 2.11. The highest BCUT2D eigenvalue weighted by Crippen LogP contribution is 2.35. The second-order valence-electron chi connectivity index (χ2n) is 4.52. The fraction of sp³-hybridized carbons (Fsp3) is 0.583. The summed E-state index contributed by atoms with van der Waals surface area (Å²) in [6, 6.07) is -0.561. The molecule has 1 aromatic rings. The molecule has 86 valence electrons. The zero-order valence-electron chi connectivity index (χ0n) is 9.08. The fourth-order valence-electron chi connectivity index (χ4n) is 2.81. The number of furan rings is 1. The third kappa shape index (κ3) is 1.37. The first kappa shape index (κ1) is 9.90. The van der Waals surface area contributed by atoms with E-state index in [1.807, 2.05) is 0 Å². The minimum absolute atomic E-state index is 0.561. The van der Waals surface area contributed by atoms with Crippen molar-refractivity contribution in [2.75, 3.05) is 6.54 Å². The molecule has 4 heteroatoms. The SMILES string of the molecule is O=C(O)C1NCCc2oc3c(c21)CCCC3. The van der Waals surface area contributed by atoms with Crippen molar-refractivity contribution < 1.29 is 14.3 Å².